The van der Waals surface area contributed by atoms with Crippen LogP contribution in [0.3, 0.4) is 0 Å². The molecule has 0 amide bonds. The third-order valence-corrected chi connectivity index (χ3v) is 6.79. The first-order chi connectivity index (χ1) is 12.0. The average Bonchev–Trinajstić information content (AvgIpc) is 2.63. The highest BCUT2D eigenvalue weighted by atomic mass is 35.5. The largest absolute Gasteiger partial charge is 0.379 e. The minimum atomic E-state index is -3.85. The van der Waals surface area contributed by atoms with Crippen LogP contribution in [0.15, 0.2) is 52.5 Å². The highest BCUT2D eigenvalue weighted by Gasteiger charge is 2.44. The Morgan fingerprint density at radius 2 is 1.81 bits per heavy atom. The zero-order valence-electron chi connectivity index (χ0n) is 16.4. The van der Waals surface area contributed by atoms with Gasteiger partial charge in [0.1, 0.15) is 5.60 Å². The molecule has 0 bridgehead atoms. The van der Waals surface area contributed by atoms with Crippen molar-refractivity contribution in [1.29, 1.82) is 0 Å². The smallest absolute Gasteiger partial charge is 0.241 e. The number of hydrogen-bond acceptors (Lipinski definition) is 3. The van der Waals surface area contributed by atoms with Crippen LogP contribution in [0.1, 0.15) is 48.0 Å². The summed E-state index contributed by atoms with van der Waals surface area (Å²) in [5, 5.41) is 11.9. The fourth-order valence-electron chi connectivity index (χ4n) is 2.96. The standard InChI is InChI=1S/C20H30ClNO3S/c1-7-14(4)19(20(23,15(5)8-2)16(6)9-3)22-26(24,25)18-12-10-11-17(21)13-18/h8-14,19,22-23H,7H2,1-6H3/b15-8-,16-9+/t14-,19-,20?/m0/s1. The summed E-state index contributed by atoms with van der Waals surface area (Å²) in [4.78, 5) is 0.0805. The maximum absolute atomic E-state index is 13.0. The van der Waals surface area contributed by atoms with E-state index in [0.29, 0.717) is 22.6 Å². The topological polar surface area (TPSA) is 66.4 Å². The van der Waals surface area contributed by atoms with E-state index in [1.807, 2.05) is 53.7 Å². The van der Waals surface area contributed by atoms with Crippen LogP contribution < -0.4 is 4.72 Å². The van der Waals surface area contributed by atoms with Crippen LogP contribution >= 0.6 is 11.6 Å². The molecule has 6 heteroatoms. The van der Waals surface area contributed by atoms with Gasteiger partial charge in [-0.1, -0.05) is 50.1 Å². The van der Waals surface area contributed by atoms with Crippen LogP contribution in [-0.2, 0) is 10.0 Å². The summed E-state index contributed by atoms with van der Waals surface area (Å²) in [5.74, 6) is -0.0984. The zero-order valence-corrected chi connectivity index (χ0v) is 17.9. The Kier molecular flexibility index (Phi) is 8.08. The van der Waals surface area contributed by atoms with E-state index in [-0.39, 0.29) is 10.8 Å². The minimum absolute atomic E-state index is 0.0805. The molecular formula is C20H30ClNO3S. The van der Waals surface area contributed by atoms with Gasteiger partial charge in [0, 0.05) is 5.02 Å². The van der Waals surface area contributed by atoms with Crippen molar-refractivity contribution in [2.24, 2.45) is 5.92 Å². The number of rotatable bonds is 8. The molecule has 26 heavy (non-hydrogen) atoms. The molecule has 0 fully saturated rings. The molecule has 0 aliphatic heterocycles. The Labute approximate surface area is 163 Å². The molecule has 0 aliphatic carbocycles. The SMILES string of the molecule is C/C=C(/C)C(O)(/C(C)=C/C)[C@@H](NS(=O)(=O)c1cccc(Cl)c1)[C@@H](C)CC. The Bertz CT molecular complexity index is 766. The second-order valence-corrected chi connectivity index (χ2v) is 8.80. The van der Waals surface area contributed by atoms with Crippen LogP contribution in [0.5, 0.6) is 0 Å². The number of nitrogens with one attached hydrogen (secondary N) is 1. The average molecular weight is 400 g/mol. The Morgan fingerprint density at radius 1 is 1.27 bits per heavy atom. The van der Waals surface area contributed by atoms with Crippen molar-refractivity contribution in [3.63, 3.8) is 0 Å². The summed E-state index contributed by atoms with van der Waals surface area (Å²) in [6, 6.07) is 5.39. The van der Waals surface area contributed by atoms with E-state index in [1.54, 1.807) is 12.1 Å². The van der Waals surface area contributed by atoms with Gasteiger partial charge in [0.15, 0.2) is 0 Å². The van der Waals surface area contributed by atoms with Crippen LogP contribution in [0.2, 0.25) is 5.02 Å². The van der Waals surface area contributed by atoms with Gasteiger partial charge in [0.25, 0.3) is 0 Å². The third-order valence-electron chi connectivity index (χ3n) is 5.12. The molecule has 1 rings (SSSR count). The van der Waals surface area contributed by atoms with Crippen molar-refractivity contribution in [3.05, 3.63) is 52.6 Å². The Morgan fingerprint density at radius 3 is 2.23 bits per heavy atom. The van der Waals surface area contributed by atoms with Crippen molar-refractivity contribution < 1.29 is 13.5 Å². The van der Waals surface area contributed by atoms with Crippen molar-refractivity contribution in [2.75, 3.05) is 0 Å². The molecule has 0 heterocycles. The van der Waals surface area contributed by atoms with Gasteiger partial charge in [-0.15, -0.1) is 0 Å². The maximum Gasteiger partial charge on any atom is 0.241 e. The molecule has 0 spiro atoms. The van der Waals surface area contributed by atoms with Crippen LogP contribution in [0, 0.1) is 5.92 Å². The summed E-state index contributed by atoms with van der Waals surface area (Å²) in [5.41, 5.74) is -0.00992. The van der Waals surface area contributed by atoms with E-state index < -0.39 is 21.7 Å². The van der Waals surface area contributed by atoms with Gasteiger partial charge in [-0.3, -0.25) is 0 Å². The highest BCUT2D eigenvalue weighted by Crippen LogP contribution is 2.35. The first kappa shape index (κ1) is 22.9. The molecule has 1 aromatic carbocycles. The van der Waals surface area contributed by atoms with Crippen molar-refractivity contribution in [3.8, 4) is 0 Å². The molecule has 3 atom stereocenters. The number of halogens is 1. The van der Waals surface area contributed by atoms with Gasteiger partial charge >= 0.3 is 0 Å². The molecule has 4 nitrogen and oxygen atoms in total. The summed E-state index contributed by atoms with van der Waals surface area (Å²) in [6.07, 6.45) is 4.34. The first-order valence-electron chi connectivity index (χ1n) is 8.81. The highest BCUT2D eigenvalue weighted by molar-refractivity contribution is 7.89. The normalized spacial score (nSPS) is 18.3. The number of benzene rings is 1. The summed E-state index contributed by atoms with van der Waals surface area (Å²) < 4.78 is 28.7. The van der Waals surface area contributed by atoms with Gasteiger partial charge in [-0.25, -0.2) is 13.1 Å². The van der Waals surface area contributed by atoms with E-state index in [4.69, 9.17) is 11.6 Å². The first-order valence-corrected chi connectivity index (χ1v) is 10.7. The van der Waals surface area contributed by atoms with E-state index in [9.17, 15) is 13.5 Å². The minimum Gasteiger partial charge on any atom is -0.379 e. The number of allylic oxidation sites excluding steroid dienone is 2. The lowest BCUT2D eigenvalue weighted by molar-refractivity contribution is 0.0580. The Hall–Kier alpha value is -1.14. The van der Waals surface area contributed by atoms with E-state index in [1.165, 1.54) is 12.1 Å². The third kappa shape index (κ3) is 4.77. The monoisotopic (exact) mass is 399 g/mol. The Balaban J connectivity index is 3.51. The summed E-state index contributed by atoms with van der Waals surface area (Å²) in [6.45, 7) is 11.2. The molecule has 146 valence electrons. The predicted octanol–water partition coefficient (Wildman–Crippen LogP) is 4.70. The van der Waals surface area contributed by atoms with Gasteiger partial charge in [-0.05, 0) is 63.0 Å². The fraction of sp³-hybridized carbons (Fsp3) is 0.500. The zero-order chi connectivity index (χ0) is 20.1. The number of hydrogen-bond donors (Lipinski definition) is 2. The molecule has 0 aliphatic rings. The van der Waals surface area contributed by atoms with Crippen LogP contribution in [0.4, 0.5) is 0 Å². The van der Waals surface area contributed by atoms with Gasteiger partial charge in [0.05, 0.1) is 10.9 Å². The molecule has 0 radical (unpaired) electrons. The van der Waals surface area contributed by atoms with Gasteiger partial charge < -0.3 is 5.11 Å². The summed E-state index contributed by atoms with van der Waals surface area (Å²) in [7, 11) is -3.85. The molecule has 0 saturated heterocycles. The lowest BCUT2D eigenvalue weighted by Gasteiger charge is -2.41. The van der Waals surface area contributed by atoms with Crippen LogP contribution in [-0.4, -0.2) is 25.2 Å². The molecule has 1 aromatic rings. The molecular weight excluding hydrogens is 370 g/mol. The van der Waals surface area contributed by atoms with Crippen LogP contribution in [0.25, 0.3) is 0 Å². The van der Waals surface area contributed by atoms with Crippen molar-refractivity contribution in [1.82, 2.24) is 4.72 Å². The fourth-order valence-corrected chi connectivity index (χ4v) is 4.63. The molecule has 0 aromatic heterocycles. The maximum atomic E-state index is 13.0. The van der Waals surface area contributed by atoms with Gasteiger partial charge in [-0.2, -0.15) is 0 Å². The predicted molar refractivity (Wildman–Crippen MR) is 109 cm³/mol. The number of sulfonamides is 1. The quantitative estimate of drug-likeness (QED) is 0.623. The van der Waals surface area contributed by atoms with Crippen molar-refractivity contribution >= 4 is 21.6 Å². The second kappa shape index (κ2) is 9.18. The lowest BCUT2D eigenvalue weighted by atomic mass is 9.75. The van der Waals surface area contributed by atoms with Crippen molar-refractivity contribution in [2.45, 2.75) is 64.5 Å². The summed E-state index contributed by atoms with van der Waals surface area (Å²) >= 11 is 5.95. The second-order valence-electron chi connectivity index (χ2n) is 6.65. The number of aliphatic hydroxyl groups is 1. The van der Waals surface area contributed by atoms with E-state index >= 15 is 0 Å². The van der Waals surface area contributed by atoms with Gasteiger partial charge in [0.2, 0.25) is 10.0 Å². The molecule has 1 unspecified atom stereocenters. The van der Waals surface area contributed by atoms with E-state index in [2.05, 4.69) is 4.72 Å². The lowest BCUT2D eigenvalue weighted by Crippen LogP contribution is -2.57. The molecule has 0 saturated carbocycles. The van der Waals surface area contributed by atoms with E-state index in [0.717, 1.165) is 0 Å². The molecule has 2 N–H and O–H groups in total.